The van der Waals surface area contributed by atoms with Crippen molar-refractivity contribution in [3.05, 3.63) is 0 Å². The third-order valence-corrected chi connectivity index (χ3v) is 5.78. The lowest BCUT2D eigenvalue weighted by Crippen LogP contribution is -2.54. The van der Waals surface area contributed by atoms with Crippen molar-refractivity contribution in [2.45, 2.75) is 123 Å². The third kappa shape index (κ3) is 23.4. The number of unbranched alkanes of at least 4 members (excludes halogenated alkanes) is 3. The maximum Gasteiger partial charge on any atom is 0.408 e. The Balaban J connectivity index is 5.44. The van der Waals surface area contributed by atoms with Crippen LogP contribution in [0.5, 0.6) is 0 Å². The summed E-state index contributed by atoms with van der Waals surface area (Å²) in [5.74, 6) is -2.40. The molecular weight excluding hydrogens is 590 g/mol. The Bertz CT molecular complexity index is 946. The molecule has 260 valence electrons. The SMILES string of the molecule is CCCCOC(=O)CNC(=O)C(CCCCNC(=O)CO)NC(=O)C(CCCCNC(=O)OC(C)(C)C)NC(=O)OC(C)(C)C. The number of aliphatic hydroxyl groups is 1. The second kappa shape index (κ2) is 22.0. The van der Waals surface area contributed by atoms with Crippen molar-refractivity contribution in [3.8, 4) is 0 Å². The first kappa shape index (κ1) is 41.4. The molecule has 0 bridgehead atoms. The van der Waals surface area contributed by atoms with Crippen molar-refractivity contribution in [2.75, 3.05) is 32.8 Å². The Morgan fingerprint density at radius 1 is 0.667 bits per heavy atom. The number of ether oxygens (including phenoxy) is 3. The van der Waals surface area contributed by atoms with Crippen LogP contribution in [0.15, 0.2) is 0 Å². The summed E-state index contributed by atoms with van der Waals surface area (Å²) in [7, 11) is 0. The zero-order valence-corrected chi connectivity index (χ0v) is 28.0. The van der Waals surface area contributed by atoms with Gasteiger partial charge in [0, 0.05) is 13.1 Å². The molecule has 2 unspecified atom stereocenters. The van der Waals surface area contributed by atoms with Crippen LogP contribution in [0, 0.1) is 0 Å². The highest BCUT2D eigenvalue weighted by Crippen LogP contribution is 2.10. The topological polar surface area (TPSA) is 210 Å². The lowest BCUT2D eigenvalue weighted by molar-refractivity contribution is -0.144. The summed E-state index contributed by atoms with van der Waals surface area (Å²) in [4.78, 5) is 74.1. The van der Waals surface area contributed by atoms with E-state index in [0.717, 1.165) is 6.42 Å². The summed E-state index contributed by atoms with van der Waals surface area (Å²) in [6.07, 6.45) is 2.24. The summed E-state index contributed by atoms with van der Waals surface area (Å²) in [5, 5.41) is 21.7. The summed E-state index contributed by atoms with van der Waals surface area (Å²) >= 11 is 0. The number of rotatable bonds is 20. The molecule has 0 aliphatic heterocycles. The van der Waals surface area contributed by atoms with E-state index in [1.165, 1.54) is 0 Å². The van der Waals surface area contributed by atoms with Gasteiger partial charge in [0.1, 0.15) is 36.4 Å². The summed E-state index contributed by atoms with van der Waals surface area (Å²) < 4.78 is 15.6. The number of carbonyl (C=O) groups excluding carboxylic acids is 6. The Kier molecular flexibility index (Phi) is 20.2. The average Bonchev–Trinajstić information content (AvgIpc) is 2.92. The second-order valence-corrected chi connectivity index (χ2v) is 12.5. The molecule has 0 saturated heterocycles. The largest absolute Gasteiger partial charge is 0.464 e. The monoisotopic (exact) mass is 645 g/mol. The molecule has 0 fully saturated rings. The number of nitrogens with one attached hydrogen (secondary N) is 5. The lowest BCUT2D eigenvalue weighted by Gasteiger charge is -2.25. The van der Waals surface area contributed by atoms with Crippen molar-refractivity contribution in [2.24, 2.45) is 0 Å². The van der Waals surface area contributed by atoms with Gasteiger partial charge in [-0.3, -0.25) is 19.2 Å². The van der Waals surface area contributed by atoms with Crippen molar-refractivity contribution >= 4 is 35.9 Å². The number of amides is 5. The Morgan fingerprint density at radius 2 is 1.20 bits per heavy atom. The normalized spacial score (nSPS) is 12.6. The van der Waals surface area contributed by atoms with Crippen molar-refractivity contribution < 1.29 is 48.1 Å². The van der Waals surface area contributed by atoms with Crippen molar-refractivity contribution in [3.63, 3.8) is 0 Å². The lowest BCUT2D eigenvalue weighted by atomic mass is 10.1. The molecular formula is C30H55N5O10. The molecule has 0 aromatic rings. The molecule has 0 aromatic heterocycles. The van der Waals surface area contributed by atoms with E-state index >= 15 is 0 Å². The van der Waals surface area contributed by atoms with E-state index in [0.29, 0.717) is 32.1 Å². The molecule has 0 saturated carbocycles. The van der Waals surface area contributed by atoms with Gasteiger partial charge in [-0.05, 0) is 86.5 Å². The number of aliphatic hydroxyl groups excluding tert-OH is 1. The van der Waals surface area contributed by atoms with Gasteiger partial charge in [0.05, 0.1) is 6.61 Å². The van der Waals surface area contributed by atoms with Gasteiger partial charge in [0.25, 0.3) is 0 Å². The Morgan fingerprint density at radius 3 is 1.73 bits per heavy atom. The van der Waals surface area contributed by atoms with Gasteiger partial charge in [0.2, 0.25) is 17.7 Å². The minimum absolute atomic E-state index is 0.163. The van der Waals surface area contributed by atoms with Crippen LogP contribution in [0.2, 0.25) is 0 Å². The molecule has 0 heterocycles. The molecule has 2 atom stereocenters. The van der Waals surface area contributed by atoms with Gasteiger partial charge in [0.15, 0.2) is 0 Å². The van der Waals surface area contributed by atoms with Crippen LogP contribution in [0.3, 0.4) is 0 Å². The first-order valence-corrected chi connectivity index (χ1v) is 15.5. The van der Waals surface area contributed by atoms with Crippen LogP contribution in [-0.4, -0.2) is 97.1 Å². The van der Waals surface area contributed by atoms with Crippen LogP contribution >= 0.6 is 0 Å². The van der Waals surface area contributed by atoms with Gasteiger partial charge in [-0.2, -0.15) is 0 Å². The van der Waals surface area contributed by atoms with E-state index in [1.54, 1.807) is 41.5 Å². The third-order valence-electron chi connectivity index (χ3n) is 5.78. The van der Waals surface area contributed by atoms with Gasteiger partial charge in [-0.1, -0.05) is 13.3 Å². The van der Waals surface area contributed by atoms with Gasteiger partial charge in [-0.25, -0.2) is 9.59 Å². The average molecular weight is 646 g/mol. The molecule has 45 heavy (non-hydrogen) atoms. The number of carbonyl (C=O) groups is 6. The molecule has 15 nitrogen and oxygen atoms in total. The molecule has 0 aliphatic carbocycles. The van der Waals surface area contributed by atoms with E-state index in [-0.39, 0.29) is 39.1 Å². The fourth-order valence-corrected chi connectivity index (χ4v) is 3.66. The molecule has 0 aliphatic rings. The molecule has 0 aromatic carbocycles. The molecule has 6 N–H and O–H groups in total. The predicted molar refractivity (Wildman–Crippen MR) is 166 cm³/mol. The van der Waals surface area contributed by atoms with Gasteiger partial charge < -0.3 is 45.9 Å². The highest BCUT2D eigenvalue weighted by Gasteiger charge is 2.28. The highest BCUT2D eigenvalue weighted by atomic mass is 16.6. The van der Waals surface area contributed by atoms with Crippen LogP contribution in [0.1, 0.15) is 99.8 Å². The van der Waals surface area contributed by atoms with E-state index in [2.05, 4.69) is 26.6 Å². The number of hydrogen-bond acceptors (Lipinski definition) is 10. The smallest absolute Gasteiger partial charge is 0.408 e. The summed E-state index contributed by atoms with van der Waals surface area (Å²) in [6.45, 7) is 12.0. The van der Waals surface area contributed by atoms with Crippen LogP contribution < -0.4 is 26.6 Å². The van der Waals surface area contributed by atoms with E-state index in [9.17, 15) is 28.8 Å². The zero-order valence-electron chi connectivity index (χ0n) is 28.0. The number of esters is 1. The van der Waals surface area contributed by atoms with Crippen LogP contribution in [0.4, 0.5) is 9.59 Å². The maximum absolute atomic E-state index is 13.4. The maximum atomic E-state index is 13.4. The fourth-order valence-electron chi connectivity index (χ4n) is 3.66. The zero-order chi connectivity index (χ0) is 34.5. The minimum atomic E-state index is -1.07. The van der Waals surface area contributed by atoms with Gasteiger partial charge >= 0.3 is 18.2 Å². The number of hydrogen-bond donors (Lipinski definition) is 6. The van der Waals surface area contributed by atoms with Crippen molar-refractivity contribution in [1.29, 1.82) is 0 Å². The minimum Gasteiger partial charge on any atom is -0.464 e. The Hall–Kier alpha value is -3.62. The first-order valence-electron chi connectivity index (χ1n) is 15.5. The second-order valence-electron chi connectivity index (χ2n) is 12.5. The van der Waals surface area contributed by atoms with Crippen LogP contribution in [-0.2, 0) is 33.4 Å². The van der Waals surface area contributed by atoms with E-state index < -0.39 is 65.8 Å². The van der Waals surface area contributed by atoms with E-state index in [4.69, 9.17) is 19.3 Å². The predicted octanol–water partition coefficient (Wildman–Crippen LogP) is 1.80. The molecule has 0 radical (unpaired) electrons. The van der Waals surface area contributed by atoms with Crippen molar-refractivity contribution in [1.82, 2.24) is 26.6 Å². The molecule has 0 rings (SSSR count). The molecule has 0 spiro atoms. The quantitative estimate of drug-likeness (QED) is 0.0642. The molecule has 15 heteroatoms. The van der Waals surface area contributed by atoms with Crippen LogP contribution in [0.25, 0.3) is 0 Å². The fraction of sp³-hybridized carbons (Fsp3) is 0.800. The summed E-state index contributed by atoms with van der Waals surface area (Å²) in [5.41, 5.74) is -1.46. The first-order chi connectivity index (χ1) is 21.0. The molecule has 5 amide bonds. The standard InChI is InChI=1S/C30H55N5O10/c1-8-9-18-43-24(38)19-33-25(39)21(14-10-12-16-31-23(37)20-36)34-26(40)22(35-28(42)45-30(5,6)7)15-11-13-17-32-27(41)44-29(2,3)4/h21-22,36H,8-20H2,1-7H3,(H,31,37)(H,32,41)(H,33,39)(H,34,40)(H,35,42). The van der Waals surface area contributed by atoms with E-state index in [1.807, 2.05) is 6.92 Å². The van der Waals surface area contributed by atoms with Gasteiger partial charge in [-0.15, -0.1) is 0 Å². The highest BCUT2D eigenvalue weighted by molar-refractivity contribution is 5.92. The number of alkyl carbamates (subject to hydrolysis) is 2. The Labute approximate surface area is 266 Å². The summed E-state index contributed by atoms with van der Waals surface area (Å²) in [6, 6.07) is -2.13.